The molecule has 1 N–H and O–H groups in total. The molecule has 4 rings (SSSR count). The molecule has 1 amide bonds. The summed E-state index contributed by atoms with van der Waals surface area (Å²) in [5.74, 6) is -0.0724. The highest BCUT2D eigenvalue weighted by Gasteiger charge is 2.25. The number of hydrogen-bond acceptors (Lipinski definition) is 3. The third-order valence-corrected chi connectivity index (χ3v) is 5.30. The van der Waals surface area contributed by atoms with Crippen LogP contribution in [0.3, 0.4) is 0 Å². The van der Waals surface area contributed by atoms with E-state index in [9.17, 15) is 4.79 Å². The molecule has 5 nitrogen and oxygen atoms in total. The van der Waals surface area contributed by atoms with Gasteiger partial charge in [0.1, 0.15) is 6.10 Å². The number of ether oxygens (including phenoxy) is 1. The number of amides is 1. The van der Waals surface area contributed by atoms with Crippen molar-refractivity contribution < 1.29 is 9.53 Å². The van der Waals surface area contributed by atoms with E-state index in [1.54, 1.807) is 0 Å². The molecule has 0 spiro atoms. The molecule has 1 aliphatic carbocycles. The highest BCUT2D eigenvalue weighted by Crippen LogP contribution is 2.27. The van der Waals surface area contributed by atoms with Crippen molar-refractivity contribution in [3.63, 3.8) is 0 Å². The van der Waals surface area contributed by atoms with Crippen LogP contribution in [0.2, 0.25) is 5.02 Å². The van der Waals surface area contributed by atoms with Gasteiger partial charge < -0.3 is 10.1 Å². The zero-order chi connectivity index (χ0) is 17.2. The number of aromatic nitrogens is 2. The third kappa shape index (κ3) is 3.72. The second-order valence-corrected chi connectivity index (χ2v) is 7.30. The van der Waals surface area contributed by atoms with Gasteiger partial charge in [0.05, 0.1) is 18.8 Å². The number of fused-ring (bicyclic) bond motifs is 1. The van der Waals surface area contributed by atoms with Gasteiger partial charge in [-0.1, -0.05) is 43.0 Å². The molecule has 1 aromatic carbocycles. The summed E-state index contributed by atoms with van der Waals surface area (Å²) in [5, 5.41) is 8.34. The van der Waals surface area contributed by atoms with Gasteiger partial charge in [-0.2, -0.15) is 5.10 Å². The Hall–Kier alpha value is -1.85. The van der Waals surface area contributed by atoms with Gasteiger partial charge in [0, 0.05) is 11.1 Å². The molecule has 1 atom stereocenters. The summed E-state index contributed by atoms with van der Waals surface area (Å²) in [6, 6.07) is 9.80. The first kappa shape index (κ1) is 16.6. The number of nitrogens with zero attached hydrogens (tertiary/aromatic N) is 2. The summed E-state index contributed by atoms with van der Waals surface area (Å²) in [6.45, 7) is 1.06. The lowest BCUT2D eigenvalue weighted by atomic mass is 9.95. The van der Waals surface area contributed by atoms with Gasteiger partial charge in [-0.05, 0) is 36.6 Å². The molecule has 2 aromatic rings. The van der Waals surface area contributed by atoms with Crippen LogP contribution < -0.4 is 5.32 Å². The lowest BCUT2D eigenvalue weighted by Crippen LogP contribution is -2.36. The topological polar surface area (TPSA) is 56.2 Å². The average molecular weight is 360 g/mol. The maximum absolute atomic E-state index is 12.5. The Balaban J connectivity index is 1.44. The Labute approximate surface area is 152 Å². The van der Waals surface area contributed by atoms with E-state index < -0.39 is 0 Å². The molecule has 6 heteroatoms. The Morgan fingerprint density at radius 1 is 1.20 bits per heavy atom. The fourth-order valence-corrected chi connectivity index (χ4v) is 3.75. The minimum Gasteiger partial charge on any atom is -0.365 e. The fourth-order valence-electron chi connectivity index (χ4n) is 3.62. The number of hydrogen-bond donors (Lipinski definition) is 1. The second-order valence-electron chi connectivity index (χ2n) is 6.86. The summed E-state index contributed by atoms with van der Waals surface area (Å²) >= 11 is 5.95. The van der Waals surface area contributed by atoms with Crippen LogP contribution in [-0.4, -0.2) is 21.7 Å². The van der Waals surface area contributed by atoms with Crippen molar-refractivity contribution in [1.82, 2.24) is 15.1 Å². The van der Waals surface area contributed by atoms with Gasteiger partial charge >= 0.3 is 0 Å². The van der Waals surface area contributed by atoms with E-state index in [1.807, 2.05) is 35.0 Å². The van der Waals surface area contributed by atoms with Crippen LogP contribution >= 0.6 is 11.6 Å². The van der Waals surface area contributed by atoms with E-state index in [1.165, 1.54) is 19.3 Å². The van der Waals surface area contributed by atoms with Gasteiger partial charge in [0.2, 0.25) is 0 Å². The summed E-state index contributed by atoms with van der Waals surface area (Å²) in [6.07, 6.45) is 5.73. The smallest absolute Gasteiger partial charge is 0.272 e. The Morgan fingerprint density at radius 3 is 2.72 bits per heavy atom. The average Bonchev–Trinajstić information content (AvgIpc) is 3.06. The van der Waals surface area contributed by atoms with Crippen molar-refractivity contribution in [2.24, 2.45) is 0 Å². The van der Waals surface area contributed by atoms with Gasteiger partial charge in [-0.3, -0.25) is 9.48 Å². The van der Waals surface area contributed by atoms with Crippen molar-refractivity contribution >= 4 is 17.5 Å². The fraction of sp³-hybridized carbons (Fsp3) is 0.474. The van der Waals surface area contributed by atoms with Crippen LogP contribution in [0, 0.1) is 0 Å². The number of halogens is 1. The minimum absolute atomic E-state index is 0.0704. The van der Waals surface area contributed by atoms with E-state index in [2.05, 4.69) is 10.4 Å². The summed E-state index contributed by atoms with van der Waals surface area (Å²) in [4.78, 5) is 12.5. The molecule has 0 unspecified atom stereocenters. The van der Waals surface area contributed by atoms with Crippen molar-refractivity contribution in [2.45, 2.75) is 57.4 Å². The lowest BCUT2D eigenvalue weighted by Gasteiger charge is -2.24. The molecule has 0 bridgehead atoms. The maximum Gasteiger partial charge on any atom is 0.272 e. The van der Waals surface area contributed by atoms with Gasteiger partial charge in [0.25, 0.3) is 5.91 Å². The summed E-state index contributed by atoms with van der Waals surface area (Å²) < 4.78 is 7.83. The molecule has 1 saturated carbocycles. The second kappa shape index (κ2) is 7.18. The van der Waals surface area contributed by atoms with Crippen LogP contribution in [0.1, 0.15) is 60.0 Å². The Morgan fingerprint density at radius 2 is 1.96 bits per heavy atom. The zero-order valence-electron chi connectivity index (χ0n) is 14.1. The zero-order valence-corrected chi connectivity index (χ0v) is 14.8. The Bertz CT molecular complexity index is 751. The Kier molecular flexibility index (Phi) is 4.77. The normalized spacial score (nSPS) is 20.9. The van der Waals surface area contributed by atoms with Crippen molar-refractivity contribution in [1.29, 1.82) is 0 Å². The van der Waals surface area contributed by atoms with E-state index in [-0.39, 0.29) is 18.1 Å². The number of nitrogens with one attached hydrogen (secondary N) is 1. The molecule has 2 aliphatic rings. The van der Waals surface area contributed by atoms with E-state index in [0.717, 1.165) is 24.1 Å². The van der Waals surface area contributed by atoms with E-state index >= 15 is 0 Å². The number of carbonyl (C=O) groups excluding carboxylic acids is 1. The molecule has 1 aromatic heterocycles. The van der Waals surface area contributed by atoms with Crippen LogP contribution in [0.15, 0.2) is 30.3 Å². The molecular weight excluding hydrogens is 338 g/mol. The van der Waals surface area contributed by atoms with Crippen LogP contribution in [-0.2, 0) is 17.9 Å². The monoisotopic (exact) mass is 359 g/mol. The van der Waals surface area contributed by atoms with Crippen LogP contribution in [0.4, 0.5) is 0 Å². The molecule has 25 heavy (non-hydrogen) atoms. The van der Waals surface area contributed by atoms with Crippen LogP contribution in [0.5, 0.6) is 0 Å². The standard InChI is InChI=1S/C19H22ClN3O2/c20-14-8-6-13(7-9-14)18-11-23-16(12-25-18)10-17(22-23)19(24)21-15-4-2-1-3-5-15/h6-10,15,18H,1-5,11-12H2,(H,21,24)/t18-/m0/s1. The first-order chi connectivity index (χ1) is 12.2. The van der Waals surface area contributed by atoms with Gasteiger partial charge in [-0.15, -0.1) is 0 Å². The van der Waals surface area contributed by atoms with Crippen molar-refractivity contribution in [2.75, 3.05) is 0 Å². The first-order valence-corrected chi connectivity index (χ1v) is 9.31. The third-order valence-electron chi connectivity index (χ3n) is 5.05. The van der Waals surface area contributed by atoms with Crippen molar-refractivity contribution in [3.05, 3.63) is 52.3 Å². The van der Waals surface area contributed by atoms with Crippen LogP contribution in [0.25, 0.3) is 0 Å². The molecule has 132 valence electrons. The molecule has 0 radical (unpaired) electrons. The number of rotatable bonds is 3. The predicted molar refractivity (Wildman–Crippen MR) is 95.5 cm³/mol. The predicted octanol–water partition coefficient (Wildman–Crippen LogP) is 3.87. The molecular formula is C19H22ClN3O2. The first-order valence-electron chi connectivity index (χ1n) is 8.94. The van der Waals surface area contributed by atoms with Crippen molar-refractivity contribution in [3.8, 4) is 0 Å². The maximum atomic E-state index is 12.5. The van der Waals surface area contributed by atoms with Gasteiger partial charge in [-0.25, -0.2) is 0 Å². The highest BCUT2D eigenvalue weighted by atomic mass is 35.5. The SMILES string of the molecule is O=C(NC1CCCCC1)c1cc2n(n1)C[C@@H](c1ccc(Cl)cc1)OC2. The number of benzene rings is 1. The molecule has 1 fully saturated rings. The largest absolute Gasteiger partial charge is 0.365 e. The van der Waals surface area contributed by atoms with E-state index in [0.29, 0.717) is 23.9 Å². The lowest BCUT2D eigenvalue weighted by molar-refractivity contribution is -0.00119. The minimum atomic E-state index is -0.0724. The summed E-state index contributed by atoms with van der Waals surface area (Å²) in [7, 11) is 0. The molecule has 0 saturated heterocycles. The quantitative estimate of drug-likeness (QED) is 0.905. The summed E-state index contributed by atoms with van der Waals surface area (Å²) in [5.41, 5.74) is 2.50. The molecule has 1 aliphatic heterocycles. The number of carbonyl (C=O) groups is 1. The van der Waals surface area contributed by atoms with E-state index in [4.69, 9.17) is 16.3 Å². The van der Waals surface area contributed by atoms with Gasteiger partial charge in [0.15, 0.2) is 5.69 Å². The highest BCUT2D eigenvalue weighted by molar-refractivity contribution is 6.30. The molecule has 2 heterocycles.